The maximum atomic E-state index is 13.5. The Labute approximate surface area is 123 Å². The average molecular weight is 281 g/mol. The molecular weight excluding hydrogens is 265 g/mol. The molecule has 0 radical (unpaired) electrons. The van der Waals surface area contributed by atoms with Gasteiger partial charge >= 0.3 is 0 Å². The lowest BCUT2D eigenvalue weighted by molar-refractivity contribution is 0.627. The van der Waals surface area contributed by atoms with Gasteiger partial charge in [-0.05, 0) is 56.2 Å². The highest BCUT2D eigenvalue weighted by Crippen LogP contribution is 2.21. The second-order valence-electron chi connectivity index (χ2n) is 5.36. The Morgan fingerprint density at radius 2 is 1.76 bits per heavy atom. The molecule has 0 amide bonds. The summed E-state index contributed by atoms with van der Waals surface area (Å²) in [5.41, 5.74) is 5.58. The average Bonchev–Trinajstić information content (AvgIpc) is 2.87. The molecule has 2 aromatic carbocycles. The molecule has 106 valence electrons. The molecule has 0 aliphatic rings. The van der Waals surface area contributed by atoms with Crippen molar-refractivity contribution in [3.05, 3.63) is 65.1 Å². The summed E-state index contributed by atoms with van der Waals surface area (Å²) in [7, 11) is 0. The summed E-state index contributed by atoms with van der Waals surface area (Å²) in [5, 5.41) is 8.31. The van der Waals surface area contributed by atoms with Crippen molar-refractivity contribution in [2.24, 2.45) is 0 Å². The Bertz CT molecular complexity index is 785. The zero-order valence-electron chi connectivity index (χ0n) is 12.3. The summed E-state index contributed by atoms with van der Waals surface area (Å²) in [5.74, 6) is -0.258. The van der Waals surface area contributed by atoms with Gasteiger partial charge in [-0.15, -0.1) is 5.10 Å². The number of aryl methyl sites for hydroxylation is 3. The van der Waals surface area contributed by atoms with Crippen LogP contribution in [0.4, 0.5) is 4.39 Å². The monoisotopic (exact) mass is 281 g/mol. The lowest BCUT2D eigenvalue weighted by atomic mass is 10.1. The summed E-state index contributed by atoms with van der Waals surface area (Å²) in [6.07, 6.45) is 1.83. The molecule has 0 fully saturated rings. The smallest absolute Gasteiger partial charge is 0.124 e. The second kappa shape index (κ2) is 5.13. The van der Waals surface area contributed by atoms with Crippen LogP contribution in [-0.2, 0) is 0 Å². The normalized spacial score (nSPS) is 10.9. The predicted octanol–water partition coefficient (Wildman–Crippen LogP) is 4.00. The summed E-state index contributed by atoms with van der Waals surface area (Å²) in [4.78, 5) is 0. The first kappa shape index (κ1) is 13.5. The fourth-order valence-corrected chi connectivity index (χ4v) is 2.46. The molecule has 3 rings (SSSR count). The molecule has 3 aromatic rings. The number of rotatable bonds is 2. The molecule has 4 heteroatoms. The summed E-state index contributed by atoms with van der Waals surface area (Å²) in [6, 6.07) is 11.0. The van der Waals surface area contributed by atoms with Crippen LogP contribution in [0.1, 0.15) is 16.7 Å². The summed E-state index contributed by atoms with van der Waals surface area (Å²) < 4.78 is 15.2. The zero-order chi connectivity index (χ0) is 15.0. The highest BCUT2D eigenvalue weighted by atomic mass is 19.1. The third kappa shape index (κ3) is 2.70. The van der Waals surface area contributed by atoms with Gasteiger partial charge in [-0.25, -0.2) is 9.07 Å². The minimum absolute atomic E-state index is 0.258. The molecule has 0 N–H and O–H groups in total. The molecule has 1 heterocycles. The SMILES string of the molecule is Cc1cc(F)cc(-c2cn(-c3ccc(C)cc3C)nn2)c1. The highest BCUT2D eigenvalue weighted by molar-refractivity contribution is 5.59. The lowest BCUT2D eigenvalue weighted by Crippen LogP contribution is -1.97. The molecule has 0 bridgehead atoms. The Kier molecular flexibility index (Phi) is 3.29. The molecule has 0 spiro atoms. The first-order valence-electron chi connectivity index (χ1n) is 6.80. The maximum Gasteiger partial charge on any atom is 0.124 e. The fraction of sp³-hybridized carbons (Fsp3) is 0.176. The molecule has 3 nitrogen and oxygen atoms in total. The van der Waals surface area contributed by atoms with E-state index >= 15 is 0 Å². The third-order valence-electron chi connectivity index (χ3n) is 3.43. The van der Waals surface area contributed by atoms with E-state index in [1.54, 1.807) is 4.68 Å². The summed E-state index contributed by atoms with van der Waals surface area (Å²) in [6.45, 7) is 5.95. The summed E-state index contributed by atoms with van der Waals surface area (Å²) >= 11 is 0. The van der Waals surface area contributed by atoms with Gasteiger partial charge in [0.15, 0.2) is 0 Å². The minimum Gasteiger partial charge on any atom is -0.220 e. The van der Waals surface area contributed by atoms with Crippen molar-refractivity contribution in [1.82, 2.24) is 15.0 Å². The largest absolute Gasteiger partial charge is 0.220 e. The van der Waals surface area contributed by atoms with Crippen molar-refractivity contribution in [3.8, 4) is 16.9 Å². The number of benzene rings is 2. The van der Waals surface area contributed by atoms with Crippen molar-refractivity contribution in [2.75, 3.05) is 0 Å². The van der Waals surface area contributed by atoms with Gasteiger partial charge in [0.25, 0.3) is 0 Å². The van der Waals surface area contributed by atoms with Crippen LogP contribution in [-0.4, -0.2) is 15.0 Å². The maximum absolute atomic E-state index is 13.5. The number of hydrogen-bond donors (Lipinski definition) is 0. The van der Waals surface area contributed by atoms with Gasteiger partial charge in [0.1, 0.15) is 11.5 Å². The molecule has 0 aliphatic carbocycles. The molecule has 0 aliphatic heterocycles. The van der Waals surface area contributed by atoms with E-state index in [2.05, 4.69) is 23.3 Å². The number of halogens is 1. The van der Waals surface area contributed by atoms with Gasteiger partial charge < -0.3 is 0 Å². The Morgan fingerprint density at radius 1 is 0.952 bits per heavy atom. The lowest BCUT2D eigenvalue weighted by Gasteiger charge is -2.05. The van der Waals surface area contributed by atoms with Crippen LogP contribution in [0.2, 0.25) is 0 Å². The van der Waals surface area contributed by atoms with Crippen LogP contribution >= 0.6 is 0 Å². The standard InChI is InChI=1S/C17H16FN3/c1-11-4-5-17(13(3)6-11)21-10-16(19-20-21)14-7-12(2)8-15(18)9-14/h4-10H,1-3H3. The van der Waals surface area contributed by atoms with E-state index in [0.717, 1.165) is 22.4 Å². The van der Waals surface area contributed by atoms with Crippen molar-refractivity contribution in [3.63, 3.8) is 0 Å². The second-order valence-corrected chi connectivity index (χ2v) is 5.36. The van der Waals surface area contributed by atoms with E-state index in [9.17, 15) is 4.39 Å². The molecule has 1 aromatic heterocycles. The van der Waals surface area contributed by atoms with Crippen LogP contribution < -0.4 is 0 Å². The van der Waals surface area contributed by atoms with Gasteiger partial charge in [-0.1, -0.05) is 22.9 Å². The van der Waals surface area contributed by atoms with E-state index in [1.807, 2.05) is 38.2 Å². The first-order valence-corrected chi connectivity index (χ1v) is 6.80. The molecule has 0 unspecified atom stereocenters. The van der Waals surface area contributed by atoms with E-state index in [0.29, 0.717) is 5.69 Å². The molecule has 0 saturated heterocycles. The molecule has 0 saturated carbocycles. The van der Waals surface area contributed by atoms with E-state index in [1.165, 1.54) is 17.7 Å². The van der Waals surface area contributed by atoms with Crippen LogP contribution in [0.25, 0.3) is 16.9 Å². The number of aromatic nitrogens is 3. The highest BCUT2D eigenvalue weighted by Gasteiger charge is 2.09. The predicted molar refractivity (Wildman–Crippen MR) is 81.0 cm³/mol. The molecular formula is C17H16FN3. The van der Waals surface area contributed by atoms with Gasteiger partial charge in [0.05, 0.1) is 11.9 Å². The van der Waals surface area contributed by atoms with Gasteiger partial charge in [0.2, 0.25) is 0 Å². The quantitative estimate of drug-likeness (QED) is 0.711. The van der Waals surface area contributed by atoms with Crippen LogP contribution in [0, 0.1) is 26.6 Å². The molecule has 0 atom stereocenters. The molecule has 21 heavy (non-hydrogen) atoms. The fourth-order valence-electron chi connectivity index (χ4n) is 2.46. The van der Waals surface area contributed by atoms with Crippen LogP contribution in [0.3, 0.4) is 0 Å². The first-order chi connectivity index (χ1) is 10.0. The number of nitrogens with zero attached hydrogens (tertiary/aromatic N) is 3. The van der Waals surface area contributed by atoms with E-state index < -0.39 is 0 Å². The zero-order valence-corrected chi connectivity index (χ0v) is 12.3. The van der Waals surface area contributed by atoms with Crippen molar-refractivity contribution >= 4 is 0 Å². The van der Waals surface area contributed by atoms with Gasteiger partial charge in [-0.3, -0.25) is 0 Å². The van der Waals surface area contributed by atoms with E-state index in [4.69, 9.17) is 0 Å². The van der Waals surface area contributed by atoms with Gasteiger partial charge in [-0.2, -0.15) is 0 Å². The van der Waals surface area contributed by atoms with E-state index in [-0.39, 0.29) is 5.82 Å². The van der Waals surface area contributed by atoms with Crippen molar-refractivity contribution < 1.29 is 4.39 Å². The van der Waals surface area contributed by atoms with Crippen molar-refractivity contribution in [2.45, 2.75) is 20.8 Å². The van der Waals surface area contributed by atoms with Crippen LogP contribution in [0.15, 0.2) is 42.6 Å². The van der Waals surface area contributed by atoms with Crippen LogP contribution in [0.5, 0.6) is 0 Å². The Morgan fingerprint density at radius 3 is 2.48 bits per heavy atom. The third-order valence-corrected chi connectivity index (χ3v) is 3.43. The van der Waals surface area contributed by atoms with Crippen molar-refractivity contribution in [1.29, 1.82) is 0 Å². The van der Waals surface area contributed by atoms with Gasteiger partial charge in [0, 0.05) is 5.56 Å². The Balaban J connectivity index is 2.03. The number of hydrogen-bond acceptors (Lipinski definition) is 2. The Hall–Kier alpha value is -2.49. The minimum atomic E-state index is -0.258. The topological polar surface area (TPSA) is 30.7 Å².